The predicted molar refractivity (Wildman–Crippen MR) is 81.5 cm³/mol. The molecule has 1 saturated heterocycles. The van der Waals surface area contributed by atoms with Crippen LogP contribution in [0.4, 0.5) is 5.82 Å². The third-order valence-corrected chi connectivity index (χ3v) is 4.16. The average molecular weight is 320 g/mol. The van der Waals surface area contributed by atoms with Crippen LogP contribution in [-0.2, 0) is 19.9 Å². The maximum atomic E-state index is 11.3. The summed E-state index contributed by atoms with van der Waals surface area (Å²) in [5.41, 5.74) is 6.54. The lowest BCUT2D eigenvalue weighted by Gasteiger charge is -2.24. The van der Waals surface area contributed by atoms with Gasteiger partial charge in [-0.3, -0.25) is 4.79 Å². The molecule has 0 aromatic carbocycles. The number of nitrogens with two attached hydrogens (primary N) is 1. The van der Waals surface area contributed by atoms with E-state index in [0.717, 1.165) is 5.69 Å². The van der Waals surface area contributed by atoms with Crippen molar-refractivity contribution in [1.82, 2.24) is 14.6 Å². The number of carbonyl (C=O) groups excluding carboxylic acids is 1. The van der Waals surface area contributed by atoms with Gasteiger partial charge in [-0.15, -0.1) is 0 Å². The summed E-state index contributed by atoms with van der Waals surface area (Å²) >= 11 is 0. The highest BCUT2D eigenvalue weighted by molar-refractivity contribution is 5.68. The van der Waals surface area contributed by atoms with E-state index < -0.39 is 17.8 Å². The van der Waals surface area contributed by atoms with Crippen LogP contribution in [0.3, 0.4) is 0 Å². The first-order valence-corrected chi connectivity index (χ1v) is 7.55. The zero-order chi connectivity index (χ0) is 16.6. The van der Waals surface area contributed by atoms with E-state index in [-0.39, 0.29) is 12.6 Å². The smallest absolute Gasteiger partial charge is 0.305 e. The van der Waals surface area contributed by atoms with E-state index in [4.69, 9.17) is 15.2 Å². The first kappa shape index (κ1) is 15.7. The second-order valence-corrected chi connectivity index (χ2v) is 5.86. The van der Waals surface area contributed by atoms with Gasteiger partial charge < -0.3 is 20.3 Å². The number of esters is 1. The van der Waals surface area contributed by atoms with Gasteiger partial charge in [0, 0.05) is 12.8 Å². The fourth-order valence-corrected chi connectivity index (χ4v) is 2.93. The molecule has 0 saturated carbocycles. The van der Waals surface area contributed by atoms with Crippen molar-refractivity contribution in [2.75, 3.05) is 12.3 Å². The Balaban J connectivity index is 1.84. The second-order valence-electron chi connectivity index (χ2n) is 5.86. The monoisotopic (exact) mass is 320 g/mol. The molecule has 2 aromatic rings. The number of rotatable bonds is 4. The van der Waals surface area contributed by atoms with E-state index in [1.165, 1.54) is 6.33 Å². The number of nitrogens with zero attached hydrogens (tertiary/aromatic N) is 3. The van der Waals surface area contributed by atoms with E-state index in [2.05, 4.69) is 10.1 Å². The van der Waals surface area contributed by atoms with Crippen LogP contribution in [0.25, 0.3) is 5.52 Å². The number of aliphatic hydroxyl groups is 1. The van der Waals surface area contributed by atoms with E-state index in [1.807, 2.05) is 19.1 Å². The molecular weight excluding hydrogens is 300 g/mol. The quantitative estimate of drug-likeness (QED) is 0.794. The van der Waals surface area contributed by atoms with E-state index in [9.17, 15) is 9.90 Å². The van der Waals surface area contributed by atoms with Gasteiger partial charge >= 0.3 is 5.97 Å². The molecule has 0 spiro atoms. The number of fused-ring (bicyclic) bond motifs is 1. The van der Waals surface area contributed by atoms with Crippen molar-refractivity contribution >= 4 is 17.3 Å². The molecule has 124 valence electrons. The standard InChI is InChI=1S/C15H20N4O4/c1-3-13(21)22-7-11-10(20)6-15(2,23-11)12-5-4-9-14(16)17-8-18-19(9)12/h4-5,8,10-11,20H,3,6-7H2,1-2H3,(H2,16,17,18)/t10-,11+,15+/m0/s1. The summed E-state index contributed by atoms with van der Waals surface area (Å²) in [7, 11) is 0. The highest BCUT2D eigenvalue weighted by Gasteiger charge is 2.46. The Morgan fingerprint density at radius 3 is 3.13 bits per heavy atom. The molecule has 0 radical (unpaired) electrons. The second kappa shape index (κ2) is 5.78. The summed E-state index contributed by atoms with van der Waals surface area (Å²) < 4.78 is 12.7. The highest BCUT2D eigenvalue weighted by Crippen LogP contribution is 2.40. The van der Waals surface area contributed by atoms with Crippen molar-refractivity contribution in [1.29, 1.82) is 0 Å². The van der Waals surface area contributed by atoms with Gasteiger partial charge in [0.15, 0.2) is 5.82 Å². The summed E-state index contributed by atoms with van der Waals surface area (Å²) in [5, 5.41) is 14.5. The van der Waals surface area contributed by atoms with E-state index >= 15 is 0 Å². The summed E-state index contributed by atoms with van der Waals surface area (Å²) in [6.07, 6.45) is 0.743. The van der Waals surface area contributed by atoms with Crippen LogP contribution in [0.2, 0.25) is 0 Å². The first-order chi connectivity index (χ1) is 10.9. The molecular formula is C15H20N4O4. The maximum Gasteiger partial charge on any atom is 0.305 e. The van der Waals surface area contributed by atoms with Crippen LogP contribution < -0.4 is 5.73 Å². The summed E-state index contributed by atoms with van der Waals surface area (Å²) in [6.45, 7) is 3.62. The van der Waals surface area contributed by atoms with Crippen molar-refractivity contribution in [3.63, 3.8) is 0 Å². The molecule has 0 bridgehead atoms. The van der Waals surface area contributed by atoms with Crippen LogP contribution in [0.1, 0.15) is 32.4 Å². The van der Waals surface area contributed by atoms with Crippen molar-refractivity contribution in [3.8, 4) is 0 Å². The number of nitrogen functional groups attached to an aromatic ring is 1. The van der Waals surface area contributed by atoms with Crippen LogP contribution in [-0.4, -0.2) is 44.5 Å². The van der Waals surface area contributed by atoms with Crippen molar-refractivity contribution in [3.05, 3.63) is 24.2 Å². The molecule has 1 fully saturated rings. The first-order valence-electron chi connectivity index (χ1n) is 7.55. The maximum absolute atomic E-state index is 11.3. The van der Waals surface area contributed by atoms with Gasteiger partial charge in [-0.2, -0.15) is 5.10 Å². The number of anilines is 1. The van der Waals surface area contributed by atoms with Gasteiger partial charge in [-0.05, 0) is 19.1 Å². The van der Waals surface area contributed by atoms with Crippen LogP contribution in [0, 0.1) is 0 Å². The minimum absolute atomic E-state index is 0.0316. The van der Waals surface area contributed by atoms with Crippen LogP contribution in [0.15, 0.2) is 18.5 Å². The fourth-order valence-electron chi connectivity index (χ4n) is 2.93. The van der Waals surface area contributed by atoms with Gasteiger partial charge in [0.25, 0.3) is 0 Å². The normalized spacial score (nSPS) is 27.4. The van der Waals surface area contributed by atoms with E-state index in [1.54, 1.807) is 11.4 Å². The Kier molecular flexibility index (Phi) is 3.95. The van der Waals surface area contributed by atoms with Crippen molar-refractivity contribution in [2.24, 2.45) is 0 Å². The molecule has 23 heavy (non-hydrogen) atoms. The molecule has 1 aliphatic rings. The number of hydrogen-bond acceptors (Lipinski definition) is 7. The number of aromatic nitrogens is 3. The number of carbonyl (C=O) groups is 1. The Morgan fingerprint density at radius 1 is 1.61 bits per heavy atom. The Labute approximate surface area is 133 Å². The molecule has 3 atom stereocenters. The summed E-state index contributed by atoms with van der Waals surface area (Å²) in [5.74, 6) is 0.0601. The SMILES string of the molecule is CCC(=O)OC[C@H]1O[C@@](C)(c2ccc3c(N)ncnn23)C[C@@H]1O. The molecule has 8 nitrogen and oxygen atoms in total. The molecule has 0 unspecified atom stereocenters. The Morgan fingerprint density at radius 2 is 2.39 bits per heavy atom. The lowest BCUT2D eigenvalue weighted by atomic mass is 9.97. The number of hydrogen-bond donors (Lipinski definition) is 2. The minimum Gasteiger partial charge on any atom is -0.463 e. The van der Waals surface area contributed by atoms with Gasteiger partial charge in [-0.1, -0.05) is 6.92 Å². The van der Waals surface area contributed by atoms with Gasteiger partial charge in [-0.25, -0.2) is 9.50 Å². The molecule has 8 heteroatoms. The largest absolute Gasteiger partial charge is 0.463 e. The van der Waals surface area contributed by atoms with Gasteiger partial charge in [0.05, 0.1) is 11.8 Å². The zero-order valence-corrected chi connectivity index (χ0v) is 13.1. The molecule has 1 aliphatic heterocycles. The molecule has 0 amide bonds. The molecule has 3 N–H and O–H groups in total. The minimum atomic E-state index is -0.754. The molecule has 0 aliphatic carbocycles. The summed E-state index contributed by atoms with van der Waals surface area (Å²) in [6, 6.07) is 3.67. The topological polar surface area (TPSA) is 112 Å². The van der Waals surface area contributed by atoms with Gasteiger partial charge in [0.1, 0.15) is 30.2 Å². The lowest BCUT2D eigenvalue weighted by molar-refractivity contribution is -0.151. The fraction of sp³-hybridized carbons (Fsp3) is 0.533. The predicted octanol–water partition coefficient (Wildman–Crippen LogP) is 0.630. The average Bonchev–Trinajstić information content (AvgIpc) is 3.08. The Bertz CT molecular complexity index is 731. The van der Waals surface area contributed by atoms with Gasteiger partial charge in [0.2, 0.25) is 0 Å². The van der Waals surface area contributed by atoms with Crippen molar-refractivity contribution in [2.45, 2.75) is 44.5 Å². The third-order valence-electron chi connectivity index (χ3n) is 4.16. The van der Waals surface area contributed by atoms with E-state index in [0.29, 0.717) is 24.2 Å². The highest BCUT2D eigenvalue weighted by atomic mass is 16.6. The third kappa shape index (κ3) is 2.75. The van der Waals surface area contributed by atoms with Crippen LogP contribution >= 0.6 is 0 Å². The summed E-state index contributed by atoms with van der Waals surface area (Å²) in [4.78, 5) is 15.2. The molecule has 2 aromatic heterocycles. The number of ether oxygens (including phenoxy) is 2. The lowest BCUT2D eigenvalue weighted by Crippen LogP contribution is -2.29. The molecule has 3 heterocycles. The number of aliphatic hydroxyl groups excluding tert-OH is 1. The zero-order valence-electron chi connectivity index (χ0n) is 13.1. The van der Waals surface area contributed by atoms with Crippen LogP contribution in [0.5, 0.6) is 0 Å². The van der Waals surface area contributed by atoms with Crippen molar-refractivity contribution < 1.29 is 19.4 Å². The Hall–Kier alpha value is -2.19. The molecule has 3 rings (SSSR count).